The van der Waals surface area contributed by atoms with E-state index < -0.39 is 11.9 Å². The number of hydrogen-bond donors (Lipinski definition) is 2. The zero-order valence-electron chi connectivity index (χ0n) is 9.27. The number of rotatable bonds is 4. The van der Waals surface area contributed by atoms with Crippen LogP contribution in [0.4, 0.5) is 5.69 Å². The zero-order chi connectivity index (χ0) is 12.1. The van der Waals surface area contributed by atoms with Crippen molar-refractivity contribution in [1.29, 1.82) is 5.26 Å². The Bertz CT molecular complexity index is 406. The zero-order valence-corrected chi connectivity index (χ0v) is 9.27. The smallest absolute Gasteiger partial charge is 0.308 e. The summed E-state index contributed by atoms with van der Waals surface area (Å²) >= 11 is 0. The van der Waals surface area contributed by atoms with E-state index in [1.807, 2.05) is 13.0 Å². The van der Waals surface area contributed by atoms with Crippen LogP contribution in [-0.4, -0.2) is 17.1 Å². The highest BCUT2D eigenvalue weighted by atomic mass is 16.4. The number of hydrogen-bond acceptors (Lipinski definition) is 3. The van der Waals surface area contributed by atoms with Crippen LogP contribution in [0.15, 0.2) is 24.3 Å². The number of carboxylic acid groups (broad SMARTS) is 1. The molecular formula is C12H14N2O2. The maximum atomic E-state index is 10.7. The molecule has 2 N–H and O–H groups in total. The quantitative estimate of drug-likeness (QED) is 0.811. The number of carboxylic acids is 1. The molecule has 1 aromatic rings. The second kappa shape index (κ2) is 5.17. The van der Waals surface area contributed by atoms with Gasteiger partial charge in [-0.15, -0.1) is 0 Å². The first-order chi connectivity index (χ1) is 7.54. The Morgan fingerprint density at radius 3 is 2.38 bits per heavy atom. The summed E-state index contributed by atoms with van der Waals surface area (Å²) in [5, 5.41) is 20.5. The van der Waals surface area contributed by atoms with Crippen molar-refractivity contribution < 1.29 is 9.90 Å². The number of nitrogens with one attached hydrogen (secondary N) is 1. The van der Waals surface area contributed by atoms with Crippen molar-refractivity contribution in [2.45, 2.75) is 19.9 Å². The Morgan fingerprint density at radius 1 is 1.38 bits per heavy atom. The third kappa shape index (κ3) is 2.99. The van der Waals surface area contributed by atoms with Crippen molar-refractivity contribution in [3.8, 4) is 6.07 Å². The van der Waals surface area contributed by atoms with Crippen LogP contribution in [0.1, 0.15) is 19.4 Å². The minimum atomic E-state index is -0.825. The molecule has 0 aliphatic rings. The van der Waals surface area contributed by atoms with Crippen LogP contribution in [0.25, 0.3) is 0 Å². The highest BCUT2D eigenvalue weighted by molar-refractivity contribution is 5.71. The van der Waals surface area contributed by atoms with Crippen LogP contribution >= 0.6 is 0 Å². The largest absolute Gasteiger partial charge is 0.481 e. The highest BCUT2D eigenvalue weighted by Gasteiger charge is 2.18. The minimum Gasteiger partial charge on any atom is -0.481 e. The summed E-state index contributed by atoms with van der Waals surface area (Å²) in [7, 11) is 0. The Labute approximate surface area is 94.5 Å². The lowest BCUT2D eigenvalue weighted by atomic mass is 10.0. The van der Waals surface area contributed by atoms with E-state index in [0.717, 1.165) is 5.69 Å². The summed E-state index contributed by atoms with van der Waals surface area (Å²) in [4.78, 5) is 10.7. The molecule has 4 heteroatoms. The lowest BCUT2D eigenvalue weighted by Gasteiger charge is -2.18. The van der Waals surface area contributed by atoms with Gasteiger partial charge in [0, 0.05) is 11.7 Å². The van der Waals surface area contributed by atoms with Crippen LogP contribution in [0.3, 0.4) is 0 Å². The van der Waals surface area contributed by atoms with Crippen LogP contribution < -0.4 is 5.32 Å². The third-order valence-electron chi connectivity index (χ3n) is 2.55. The van der Waals surface area contributed by atoms with Gasteiger partial charge in [0.2, 0.25) is 0 Å². The number of carbonyl (C=O) groups is 1. The van der Waals surface area contributed by atoms with Gasteiger partial charge in [0.15, 0.2) is 0 Å². The van der Waals surface area contributed by atoms with E-state index in [-0.39, 0.29) is 6.04 Å². The fraction of sp³-hybridized carbons (Fsp3) is 0.333. The first-order valence-electron chi connectivity index (χ1n) is 5.04. The van der Waals surface area contributed by atoms with Crippen LogP contribution in [-0.2, 0) is 4.79 Å². The summed E-state index contributed by atoms with van der Waals surface area (Å²) in [5.41, 5.74) is 1.41. The molecule has 0 aliphatic heterocycles. The van der Waals surface area contributed by atoms with Crippen molar-refractivity contribution in [2.24, 2.45) is 5.92 Å². The monoisotopic (exact) mass is 218 g/mol. The molecule has 0 spiro atoms. The Balaban J connectivity index is 2.66. The first kappa shape index (κ1) is 12.1. The van der Waals surface area contributed by atoms with E-state index in [9.17, 15) is 4.79 Å². The second-order valence-electron chi connectivity index (χ2n) is 3.75. The van der Waals surface area contributed by atoms with E-state index >= 15 is 0 Å². The number of anilines is 1. The summed E-state index contributed by atoms with van der Waals surface area (Å²) in [6, 6.07) is 8.79. The van der Waals surface area contributed by atoms with Crippen molar-refractivity contribution in [2.75, 3.05) is 5.32 Å². The molecule has 1 aromatic carbocycles. The van der Waals surface area contributed by atoms with E-state index in [0.29, 0.717) is 5.56 Å². The Kier molecular flexibility index (Phi) is 3.90. The molecule has 0 saturated heterocycles. The van der Waals surface area contributed by atoms with Crippen LogP contribution in [0.2, 0.25) is 0 Å². The number of benzene rings is 1. The van der Waals surface area contributed by atoms with Crippen molar-refractivity contribution >= 4 is 11.7 Å². The first-order valence-corrected chi connectivity index (χ1v) is 5.04. The predicted octanol–water partition coefficient (Wildman–Crippen LogP) is 2.08. The Hall–Kier alpha value is -2.02. The molecule has 2 unspecified atom stereocenters. The highest BCUT2D eigenvalue weighted by Crippen LogP contribution is 2.13. The SMILES string of the molecule is CC(Nc1ccc(C#N)cc1)C(C)C(=O)O. The lowest BCUT2D eigenvalue weighted by Crippen LogP contribution is -2.29. The van der Waals surface area contributed by atoms with Gasteiger partial charge in [0.25, 0.3) is 0 Å². The van der Waals surface area contributed by atoms with Crippen LogP contribution in [0.5, 0.6) is 0 Å². The predicted molar refractivity (Wildman–Crippen MR) is 61.0 cm³/mol. The summed E-state index contributed by atoms with van der Waals surface area (Å²) in [6.07, 6.45) is 0. The second-order valence-corrected chi connectivity index (χ2v) is 3.75. The van der Waals surface area contributed by atoms with E-state index in [1.165, 1.54) is 0 Å². The topological polar surface area (TPSA) is 73.1 Å². The van der Waals surface area contributed by atoms with Gasteiger partial charge in [-0.2, -0.15) is 5.26 Å². The van der Waals surface area contributed by atoms with Gasteiger partial charge < -0.3 is 10.4 Å². The average Bonchev–Trinajstić information content (AvgIpc) is 2.28. The van der Waals surface area contributed by atoms with Gasteiger partial charge in [-0.25, -0.2) is 0 Å². The molecule has 0 aliphatic carbocycles. The summed E-state index contributed by atoms with van der Waals surface area (Å²) in [6.45, 7) is 3.47. The van der Waals surface area contributed by atoms with Gasteiger partial charge in [-0.3, -0.25) is 4.79 Å². The molecule has 0 aromatic heterocycles. The van der Waals surface area contributed by atoms with Crippen molar-refractivity contribution in [3.63, 3.8) is 0 Å². The third-order valence-corrected chi connectivity index (χ3v) is 2.55. The van der Waals surface area contributed by atoms with Gasteiger partial charge in [-0.05, 0) is 38.1 Å². The van der Waals surface area contributed by atoms with E-state index in [2.05, 4.69) is 5.32 Å². The van der Waals surface area contributed by atoms with Gasteiger partial charge in [0.1, 0.15) is 0 Å². The van der Waals surface area contributed by atoms with E-state index in [1.54, 1.807) is 31.2 Å². The molecular weight excluding hydrogens is 204 g/mol. The molecule has 0 heterocycles. The fourth-order valence-corrected chi connectivity index (χ4v) is 1.24. The van der Waals surface area contributed by atoms with Crippen LogP contribution in [0, 0.1) is 17.2 Å². The molecule has 0 saturated carbocycles. The summed E-state index contributed by atoms with van der Waals surface area (Å²) in [5.74, 6) is -1.29. The summed E-state index contributed by atoms with van der Waals surface area (Å²) < 4.78 is 0. The number of nitriles is 1. The van der Waals surface area contributed by atoms with Gasteiger partial charge in [-0.1, -0.05) is 0 Å². The Morgan fingerprint density at radius 2 is 1.94 bits per heavy atom. The average molecular weight is 218 g/mol. The standard InChI is InChI=1S/C12H14N2O2/c1-8(12(15)16)9(2)14-11-5-3-10(7-13)4-6-11/h3-6,8-9,14H,1-2H3,(H,15,16). The van der Waals surface area contributed by atoms with Crippen molar-refractivity contribution in [3.05, 3.63) is 29.8 Å². The molecule has 16 heavy (non-hydrogen) atoms. The normalized spacial score (nSPS) is 13.6. The van der Waals surface area contributed by atoms with Gasteiger partial charge >= 0.3 is 5.97 Å². The maximum absolute atomic E-state index is 10.7. The maximum Gasteiger partial charge on any atom is 0.308 e. The molecule has 0 bridgehead atoms. The lowest BCUT2D eigenvalue weighted by molar-refractivity contribution is -0.141. The van der Waals surface area contributed by atoms with Gasteiger partial charge in [0.05, 0.1) is 17.6 Å². The molecule has 2 atom stereocenters. The molecule has 4 nitrogen and oxygen atoms in total. The van der Waals surface area contributed by atoms with Crippen molar-refractivity contribution in [1.82, 2.24) is 0 Å². The van der Waals surface area contributed by atoms with E-state index in [4.69, 9.17) is 10.4 Å². The molecule has 84 valence electrons. The molecule has 1 rings (SSSR count). The number of nitrogens with zero attached hydrogens (tertiary/aromatic N) is 1. The molecule has 0 fully saturated rings. The molecule has 0 radical (unpaired) electrons. The number of aliphatic carboxylic acids is 1. The fourth-order valence-electron chi connectivity index (χ4n) is 1.24. The molecule has 0 amide bonds. The minimum absolute atomic E-state index is 0.162.